The summed E-state index contributed by atoms with van der Waals surface area (Å²) in [6.45, 7) is 7.22. The number of hydrogen-bond donors (Lipinski definition) is 2. The molecule has 2 N–H and O–H groups in total. The van der Waals surface area contributed by atoms with E-state index in [1.165, 1.54) is 32.4 Å². The Bertz CT molecular complexity index is 592. The quantitative estimate of drug-likeness (QED) is 0.820. The summed E-state index contributed by atoms with van der Waals surface area (Å²) in [6, 6.07) is 1.71. The van der Waals surface area contributed by atoms with E-state index in [-0.39, 0.29) is 17.7 Å². The van der Waals surface area contributed by atoms with Gasteiger partial charge in [0.2, 0.25) is 5.91 Å². The highest BCUT2D eigenvalue weighted by Gasteiger charge is 2.30. The number of furan rings is 1. The van der Waals surface area contributed by atoms with Crippen LogP contribution in [0.2, 0.25) is 0 Å². The predicted octanol–water partition coefficient (Wildman–Crippen LogP) is 0.625. The van der Waals surface area contributed by atoms with Crippen molar-refractivity contribution in [3.05, 3.63) is 23.7 Å². The summed E-state index contributed by atoms with van der Waals surface area (Å²) in [5.74, 6) is 0.613. The summed E-state index contributed by atoms with van der Waals surface area (Å²) in [5, 5.41) is 3.09. The van der Waals surface area contributed by atoms with Crippen LogP contribution in [0.5, 0.6) is 0 Å². The molecule has 0 bridgehead atoms. The summed E-state index contributed by atoms with van der Waals surface area (Å²) in [7, 11) is 0. The fourth-order valence-corrected chi connectivity index (χ4v) is 3.96. The summed E-state index contributed by atoms with van der Waals surface area (Å²) in [4.78, 5) is 28.5. The van der Waals surface area contributed by atoms with Crippen LogP contribution in [0.4, 0.5) is 0 Å². The van der Waals surface area contributed by atoms with E-state index in [1.54, 1.807) is 29.1 Å². The molecule has 138 valence electrons. The van der Waals surface area contributed by atoms with Crippen molar-refractivity contribution in [1.82, 2.24) is 10.2 Å². The minimum atomic E-state index is -0.0961. The third-order valence-electron chi connectivity index (χ3n) is 5.51. The number of nitrogens with zero attached hydrogens (tertiary/aromatic N) is 1. The molecule has 2 aliphatic rings. The third kappa shape index (κ3) is 4.63. The van der Waals surface area contributed by atoms with Crippen LogP contribution >= 0.6 is 0 Å². The molecule has 2 amide bonds. The number of piperidine rings is 2. The molecule has 0 saturated carbocycles. The van der Waals surface area contributed by atoms with E-state index in [0.29, 0.717) is 24.4 Å². The second kappa shape index (κ2) is 8.52. The number of quaternary nitrogens is 1. The molecule has 0 spiro atoms. The number of likely N-dealkylation sites (tertiary alicyclic amines) is 2. The molecule has 1 atom stereocenters. The number of carbonyl (C=O) groups excluding carboxylic acids is 2. The van der Waals surface area contributed by atoms with Gasteiger partial charge in [-0.3, -0.25) is 9.59 Å². The van der Waals surface area contributed by atoms with E-state index in [0.717, 1.165) is 25.9 Å². The van der Waals surface area contributed by atoms with Crippen molar-refractivity contribution in [2.24, 2.45) is 5.92 Å². The maximum atomic E-state index is 12.6. The highest BCUT2D eigenvalue weighted by atomic mass is 16.3. The molecule has 2 aliphatic heterocycles. The van der Waals surface area contributed by atoms with Crippen LogP contribution in [0.1, 0.15) is 48.2 Å². The monoisotopic (exact) mass is 348 g/mol. The van der Waals surface area contributed by atoms with E-state index in [2.05, 4.69) is 5.32 Å². The Morgan fingerprint density at radius 1 is 1.28 bits per heavy atom. The van der Waals surface area contributed by atoms with E-state index in [9.17, 15) is 9.59 Å². The van der Waals surface area contributed by atoms with Gasteiger partial charge in [0.25, 0.3) is 5.91 Å². The first-order valence-electron chi connectivity index (χ1n) is 9.60. The topological polar surface area (TPSA) is 67.0 Å². The molecule has 3 heterocycles. The molecule has 1 aromatic rings. The zero-order valence-electron chi connectivity index (χ0n) is 15.2. The first kappa shape index (κ1) is 18.0. The van der Waals surface area contributed by atoms with E-state index < -0.39 is 0 Å². The molecule has 0 unspecified atom stereocenters. The molecule has 3 rings (SSSR count). The fourth-order valence-electron chi connectivity index (χ4n) is 3.96. The van der Waals surface area contributed by atoms with Crippen LogP contribution in [0.3, 0.4) is 0 Å². The van der Waals surface area contributed by atoms with Crippen LogP contribution in [0.25, 0.3) is 0 Å². The van der Waals surface area contributed by atoms with Crippen molar-refractivity contribution in [1.29, 1.82) is 0 Å². The molecule has 0 radical (unpaired) electrons. The standard InChI is InChI=1S/C19H29N3O3/c1-15-17(7-13-25-15)19(24)22-11-5-6-16(14-22)18(23)20-8-12-21-9-3-2-4-10-21/h7,13,16H,2-6,8-12,14H2,1H3,(H,20,23)/p+1/t16-/m0/s1. The van der Waals surface area contributed by atoms with Crippen molar-refractivity contribution in [2.45, 2.75) is 39.0 Å². The van der Waals surface area contributed by atoms with Gasteiger partial charge >= 0.3 is 0 Å². The molecule has 1 aromatic heterocycles. The maximum Gasteiger partial charge on any atom is 0.257 e. The average molecular weight is 348 g/mol. The van der Waals surface area contributed by atoms with Crippen molar-refractivity contribution in [2.75, 3.05) is 39.3 Å². The fraction of sp³-hybridized carbons (Fsp3) is 0.684. The second-order valence-corrected chi connectivity index (χ2v) is 7.33. The lowest BCUT2D eigenvalue weighted by Crippen LogP contribution is -3.13. The Morgan fingerprint density at radius 3 is 2.80 bits per heavy atom. The largest absolute Gasteiger partial charge is 0.469 e. The Labute approximate surface area is 149 Å². The highest BCUT2D eigenvalue weighted by molar-refractivity contribution is 5.95. The van der Waals surface area contributed by atoms with Gasteiger partial charge in [-0.25, -0.2) is 0 Å². The van der Waals surface area contributed by atoms with Crippen LogP contribution in [0, 0.1) is 12.8 Å². The summed E-state index contributed by atoms with van der Waals surface area (Å²) < 4.78 is 5.23. The van der Waals surface area contributed by atoms with E-state index in [4.69, 9.17) is 4.42 Å². The lowest BCUT2D eigenvalue weighted by Gasteiger charge is -2.32. The molecule has 6 nitrogen and oxygen atoms in total. The Morgan fingerprint density at radius 2 is 2.08 bits per heavy atom. The maximum absolute atomic E-state index is 12.6. The van der Waals surface area contributed by atoms with Crippen molar-refractivity contribution in [3.8, 4) is 0 Å². The van der Waals surface area contributed by atoms with Crippen LogP contribution in [-0.2, 0) is 4.79 Å². The van der Waals surface area contributed by atoms with Crippen molar-refractivity contribution in [3.63, 3.8) is 0 Å². The van der Waals surface area contributed by atoms with Crippen LogP contribution < -0.4 is 10.2 Å². The van der Waals surface area contributed by atoms with Gasteiger partial charge in [0, 0.05) is 13.1 Å². The number of hydrogen-bond acceptors (Lipinski definition) is 3. The van der Waals surface area contributed by atoms with Gasteiger partial charge in [0.15, 0.2) is 0 Å². The van der Waals surface area contributed by atoms with Gasteiger partial charge < -0.3 is 19.5 Å². The number of carbonyl (C=O) groups is 2. The second-order valence-electron chi connectivity index (χ2n) is 7.33. The van der Waals surface area contributed by atoms with Gasteiger partial charge in [-0.1, -0.05) is 0 Å². The zero-order chi connectivity index (χ0) is 17.6. The number of amides is 2. The van der Waals surface area contributed by atoms with Crippen molar-refractivity contribution < 1.29 is 18.9 Å². The van der Waals surface area contributed by atoms with E-state index in [1.807, 2.05) is 0 Å². The van der Waals surface area contributed by atoms with Gasteiger partial charge in [-0.05, 0) is 45.1 Å². The van der Waals surface area contributed by atoms with Gasteiger partial charge in [-0.2, -0.15) is 0 Å². The lowest BCUT2D eigenvalue weighted by molar-refractivity contribution is -0.903. The molecular formula is C19H30N3O3+. The molecule has 0 aromatic carbocycles. The summed E-state index contributed by atoms with van der Waals surface area (Å²) >= 11 is 0. The molecule has 6 heteroatoms. The van der Waals surface area contributed by atoms with Crippen LogP contribution in [-0.4, -0.2) is 56.0 Å². The van der Waals surface area contributed by atoms with Gasteiger partial charge in [-0.15, -0.1) is 0 Å². The predicted molar refractivity (Wildman–Crippen MR) is 94.5 cm³/mol. The summed E-state index contributed by atoms with van der Waals surface area (Å²) in [5.41, 5.74) is 0.606. The molecular weight excluding hydrogens is 318 g/mol. The van der Waals surface area contributed by atoms with Gasteiger partial charge in [0.05, 0.1) is 43.9 Å². The molecule has 2 fully saturated rings. The SMILES string of the molecule is Cc1occc1C(=O)N1CCC[C@H](C(=O)NCC[NH+]2CCCCC2)C1. The molecule has 2 saturated heterocycles. The Hall–Kier alpha value is -1.82. The van der Waals surface area contributed by atoms with Gasteiger partial charge in [0.1, 0.15) is 5.76 Å². The normalized spacial score (nSPS) is 22.0. The average Bonchev–Trinajstić information content (AvgIpc) is 3.08. The van der Waals surface area contributed by atoms with Crippen LogP contribution in [0.15, 0.2) is 16.7 Å². The number of nitrogens with one attached hydrogen (secondary N) is 2. The van der Waals surface area contributed by atoms with E-state index >= 15 is 0 Å². The summed E-state index contributed by atoms with van der Waals surface area (Å²) in [6.07, 6.45) is 7.22. The Kier molecular flexibility index (Phi) is 6.13. The molecule has 0 aliphatic carbocycles. The lowest BCUT2D eigenvalue weighted by atomic mass is 9.96. The smallest absolute Gasteiger partial charge is 0.257 e. The zero-order valence-corrected chi connectivity index (χ0v) is 15.2. The van der Waals surface area contributed by atoms with Crippen molar-refractivity contribution >= 4 is 11.8 Å². The number of rotatable bonds is 5. The first-order valence-corrected chi connectivity index (χ1v) is 9.60. The minimum Gasteiger partial charge on any atom is -0.469 e. The number of aryl methyl sites for hydroxylation is 1. The third-order valence-corrected chi connectivity index (χ3v) is 5.51. The minimum absolute atomic E-state index is 0.0264. The first-order chi connectivity index (χ1) is 12.1. The highest BCUT2D eigenvalue weighted by Crippen LogP contribution is 2.20. The molecule has 25 heavy (non-hydrogen) atoms. The Balaban J connectivity index is 1.46.